The van der Waals surface area contributed by atoms with Crippen LogP contribution in [-0.4, -0.2) is 42.5 Å². The molecule has 1 aliphatic rings. The second-order valence-electron chi connectivity index (χ2n) is 4.45. The summed E-state index contributed by atoms with van der Waals surface area (Å²) in [5, 5.41) is 5.37. The van der Waals surface area contributed by atoms with Crippen molar-refractivity contribution < 1.29 is 14.3 Å². The molecule has 20 heavy (non-hydrogen) atoms. The van der Waals surface area contributed by atoms with Crippen LogP contribution in [0.2, 0.25) is 0 Å². The van der Waals surface area contributed by atoms with Crippen LogP contribution in [0.1, 0.15) is 20.3 Å². The first kappa shape index (κ1) is 15.8. The minimum atomic E-state index is -0.872. The maximum atomic E-state index is 12.0. The summed E-state index contributed by atoms with van der Waals surface area (Å²) in [6, 6.07) is -1.20. The molecule has 0 aromatic heterocycles. The Hall–Kier alpha value is -2.25. The van der Waals surface area contributed by atoms with Crippen molar-refractivity contribution in [2.24, 2.45) is 16.5 Å². The number of amides is 2. The number of rotatable bonds is 5. The summed E-state index contributed by atoms with van der Waals surface area (Å²) >= 11 is 0. The van der Waals surface area contributed by atoms with Crippen molar-refractivity contribution in [1.82, 2.24) is 10.6 Å². The van der Waals surface area contributed by atoms with Crippen LogP contribution in [0.15, 0.2) is 17.3 Å². The lowest BCUT2D eigenvalue weighted by molar-refractivity contribution is -0.133. The number of aliphatic imine (C=N–C) groups is 1. The van der Waals surface area contributed by atoms with E-state index in [0.717, 1.165) is 6.42 Å². The van der Waals surface area contributed by atoms with Gasteiger partial charge in [-0.1, -0.05) is 6.92 Å². The van der Waals surface area contributed by atoms with Crippen LogP contribution in [0.5, 0.6) is 0 Å². The summed E-state index contributed by atoms with van der Waals surface area (Å²) in [7, 11) is 0. The number of ether oxygens (including phenoxy) is 1. The number of carbonyl (C=O) groups excluding carboxylic acids is 2. The van der Waals surface area contributed by atoms with Crippen molar-refractivity contribution in [3.05, 3.63) is 12.3 Å². The average Bonchev–Trinajstić information content (AvgIpc) is 2.36. The van der Waals surface area contributed by atoms with Gasteiger partial charge in [0.05, 0.1) is 12.3 Å². The van der Waals surface area contributed by atoms with Crippen LogP contribution in [0.4, 0.5) is 0 Å². The summed E-state index contributed by atoms with van der Waals surface area (Å²) in [5.41, 5.74) is 10.7. The van der Waals surface area contributed by atoms with Gasteiger partial charge in [-0.2, -0.15) is 0 Å². The van der Waals surface area contributed by atoms with Crippen LogP contribution in [0.3, 0.4) is 0 Å². The molecule has 1 aliphatic heterocycles. The molecule has 2 amide bonds. The van der Waals surface area contributed by atoms with E-state index in [0.29, 0.717) is 6.54 Å². The van der Waals surface area contributed by atoms with Crippen LogP contribution in [0.25, 0.3) is 0 Å². The average molecular weight is 283 g/mol. The van der Waals surface area contributed by atoms with Crippen molar-refractivity contribution >= 4 is 17.8 Å². The molecule has 0 unspecified atom stereocenters. The van der Waals surface area contributed by atoms with Crippen molar-refractivity contribution in [1.29, 1.82) is 0 Å². The SMILES string of the molecule is CCCNC(=O)[C@@H]1OC=C[C@H](N=C(N)N)[C@H]1NC(C)=O. The molecule has 0 aromatic rings. The van der Waals surface area contributed by atoms with Gasteiger partial charge in [-0.3, -0.25) is 9.59 Å². The summed E-state index contributed by atoms with van der Waals surface area (Å²) in [6.45, 7) is 3.82. The number of nitrogens with zero attached hydrogens (tertiary/aromatic N) is 1. The van der Waals surface area contributed by atoms with E-state index < -0.39 is 18.2 Å². The van der Waals surface area contributed by atoms with E-state index in [1.807, 2.05) is 6.92 Å². The smallest absolute Gasteiger partial charge is 0.263 e. The third-order valence-electron chi connectivity index (χ3n) is 2.67. The second-order valence-corrected chi connectivity index (χ2v) is 4.45. The molecule has 0 radical (unpaired) electrons. The Balaban J connectivity index is 2.91. The number of hydrogen-bond acceptors (Lipinski definition) is 4. The molecule has 8 heteroatoms. The van der Waals surface area contributed by atoms with Gasteiger partial charge in [0.25, 0.3) is 5.91 Å². The fourth-order valence-corrected chi connectivity index (χ4v) is 1.86. The zero-order valence-corrected chi connectivity index (χ0v) is 11.6. The lowest BCUT2D eigenvalue weighted by atomic mass is 9.99. The fourth-order valence-electron chi connectivity index (χ4n) is 1.86. The quantitative estimate of drug-likeness (QED) is 0.363. The number of hydrogen-bond donors (Lipinski definition) is 4. The van der Waals surface area contributed by atoms with Gasteiger partial charge in [-0.25, -0.2) is 4.99 Å². The largest absolute Gasteiger partial charge is 0.486 e. The number of guanidine groups is 1. The van der Waals surface area contributed by atoms with E-state index in [-0.39, 0.29) is 17.8 Å². The lowest BCUT2D eigenvalue weighted by Crippen LogP contribution is -2.57. The Kier molecular flexibility index (Phi) is 5.82. The Morgan fingerprint density at radius 2 is 2.10 bits per heavy atom. The lowest BCUT2D eigenvalue weighted by Gasteiger charge is -2.32. The number of nitrogens with two attached hydrogens (primary N) is 2. The van der Waals surface area contributed by atoms with Crippen molar-refractivity contribution in [2.75, 3.05) is 6.54 Å². The highest BCUT2D eigenvalue weighted by atomic mass is 16.5. The van der Waals surface area contributed by atoms with E-state index in [1.54, 1.807) is 6.08 Å². The summed E-state index contributed by atoms with van der Waals surface area (Å²) in [6.07, 6.45) is 2.88. The molecule has 0 saturated carbocycles. The molecule has 112 valence electrons. The molecule has 0 bridgehead atoms. The van der Waals surface area contributed by atoms with Crippen molar-refractivity contribution in [3.8, 4) is 0 Å². The van der Waals surface area contributed by atoms with Crippen molar-refractivity contribution in [3.63, 3.8) is 0 Å². The highest BCUT2D eigenvalue weighted by molar-refractivity contribution is 5.84. The number of nitrogens with one attached hydrogen (secondary N) is 2. The Morgan fingerprint density at radius 3 is 2.65 bits per heavy atom. The zero-order valence-electron chi connectivity index (χ0n) is 11.6. The molecule has 0 spiro atoms. The molecular formula is C12H21N5O3. The van der Waals surface area contributed by atoms with E-state index in [4.69, 9.17) is 16.2 Å². The molecule has 6 N–H and O–H groups in total. The van der Waals surface area contributed by atoms with E-state index in [9.17, 15) is 9.59 Å². The van der Waals surface area contributed by atoms with Gasteiger partial charge in [-0.05, 0) is 12.5 Å². The molecule has 1 rings (SSSR count). The first-order chi connectivity index (χ1) is 9.45. The molecule has 3 atom stereocenters. The summed E-state index contributed by atoms with van der Waals surface area (Å²) < 4.78 is 5.30. The van der Waals surface area contributed by atoms with Crippen LogP contribution in [0, 0.1) is 0 Å². The van der Waals surface area contributed by atoms with E-state index in [2.05, 4.69) is 15.6 Å². The Labute approximate surface area is 117 Å². The number of carbonyl (C=O) groups is 2. The highest BCUT2D eigenvalue weighted by Crippen LogP contribution is 2.16. The van der Waals surface area contributed by atoms with Gasteiger partial charge >= 0.3 is 0 Å². The molecule has 1 heterocycles. The van der Waals surface area contributed by atoms with Gasteiger partial charge < -0.3 is 26.8 Å². The van der Waals surface area contributed by atoms with Crippen molar-refractivity contribution in [2.45, 2.75) is 38.5 Å². The van der Waals surface area contributed by atoms with Gasteiger partial charge in [0.1, 0.15) is 6.04 Å². The zero-order chi connectivity index (χ0) is 15.1. The van der Waals surface area contributed by atoms with Gasteiger partial charge in [-0.15, -0.1) is 0 Å². The van der Waals surface area contributed by atoms with Gasteiger partial charge in [0.15, 0.2) is 12.1 Å². The maximum Gasteiger partial charge on any atom is 0.263 e. The molecule has 0 aliphatic carbocycles. The first-order valence-corrected chi connectivity index (χ1v) is 6.41. The predicted molar refractivity (Wildman–Crippen MR) is 74.5 cm³/mol. The minimum absolute atomic E-state index is 0.121. The van der Waals surface area contributed by atoms with Crippen LogP contribution >= 0.6 is 0 Å². The van der Waals surface area contributed by atoms with Crippen LogP contribution < -0.4 is 22.1 Å². The minimum Gasteiger partial charge on any atom is -0.486 e. The third-order valence-corrected chi connectivity index (χ3v) is 2.67. The Morgan fingerprint density at radius 1 is 1.40 bits per heavy atom. The molecule has 0 saturated heterocycles. The van der Waals surface area contributed by atoms with Gasteiger partial charge in [0, 0.05) is 13.5 Å². The third kappa shape index (κ3) is 4.45. The molecular weight excluding hydrogens is 262 g/mol. The Bertz CT molecular complexity index is 417. The molecule has 8 nitrogen and oxygen atoms in total. The predicted octanol–water partition coefficient (Wildman–Crippen LogP) is -1.43. The highest BCUT2D eigenvalue weighted by Gasteiger charge is 2.37. The second kappa shape index (κ2) is 7.37. The monoisotopic (exact) mass is 283 g/mol. The van der Waals surface area contributed by atoms with E-state index >= 15 is 0 Å². The maximum absolute atomic E-state index is 12.0. The summed E-state index contributed by atoms with van der Waals surface area (Å²) in [5.74, 6) is -0.728. The van der Waals surface area contributed by atoms with Crippen LogP contribution in [-0.2, 0) is 14.3 Å². The first-order valence-electron chi connectivity index (χ1n) is 6.41. The normalized spacial score (nSPS) is 24.4. The molecule has 0 aromatic carbocycles. The van der Waals surface area contributed by atoms with E-state index in [1.165, 1.54) is 13.2 Å². The fraction of sp³-hybridized carbons (Fsp3) is 0.583. The van der Waals surface area contributed by atoms with Gasteiger partial charge in [0.2, 0.25) is 5.91 Å². The molecule has 0 fully saturated rings. The topological polar surface area (TPSA) is 132 Å². The summed E-state index contributed by atoms with van der Waals surface area (Å²) in [4.78, 5) is 27.3. The standard InChI is InChI=1S/C12H21N5O3/c1-3-5-15-11(19)10-9(16-7(2)18)8(4-6-20-10)17-12(13)14/h4,6,8-10H,3,5H2,1-2H3,(H,15,19)(H,16,18)(H4,13,14,17)/t8-,9+,10+/m0/s1.